The van der Waals surface area contributed by atoms with Gasteiger partial charge in [-0.15, -0.1) is 0 Å². The van der Waals surface area contributed by atoms with Gasteiger partial charge in [0.1, 0.15) is 5.75 Å². The summed E-state index contributed by atoms with van der Waals surface area (Å²) in [7, 11) is 0. The van der Waals surface area contributed by atoms with E-state index >= 15 is 0 Å². The lowest BCUT2D eigenvalue weighted by Crippen LogP contribution is -2.59. The molecule has 33 heavy (non-hydrogen) atoms. The average molecular weight is 458 g/mol. The van der Waals surface area contributed by atoms with Crippen molar-refractivity contribution in [1.29, 1.82) is 0 Å². The van der Waals surface area contributed by atoms with Crippen molar-refractivity contribution in [2.75, 3.05) is 0 Å². The zero-order valence-corrected chi connectivity index (χ0v) is 16.7. The van der Waals surface area contributed by atoms with E-state index in [0.717, 1.165) is 24.3 Å². The molecule has 2 atom stereocenters. The Labute approximate surface area is 185 Å². The first-order valence-corrected chi connectivity index (χ1v) is 9.06. The molecule has 0 aliphatic heterocycles. The van der Waals surface area contributed by atoms with E-state index in [0.29, 0.717) is 12.2 Å². The minimum atomic E-state index is -3.69. The minimum Gasteiger partial charge on any atom is -0.507 e. The Morgan fingerprint density at radius 2 is 1.52 bits per heavy atom. The Morgan fingerprint density at radius 3 is 2.09 bits per heavy atom. The summed E-state index contributed by atoms with van der Waals surface area (Å²) < 4.78 is 4.54. The van der Waals surface area contributed by atoms with Crippen molar-refractivity contribution in [2.24, 2.45) is 0 Å². The monoisotopic (exact) mass is 458 g/mol. The number of phenolic OH excluding ortho intramolecular Hbond substituents is 3. The van der Waals surface area contributed by atoms with Gasteiger partial charge in [0.15, 0.2) is 11.5 Å². The van der Waals surface area contributed by atoms with Crippen LogP contribution in [0.2, 0.25) is 0 Å². The summed E-state index contributed by atoms with van der Waals surface area (Å²) in [6.45, 7) is 0. The van der Waals surface area contributed by atoms with Gasteiger partial charge in [-0.3, -0.25) is 4.79 Å². The van der Waals surface area contributed by atoms with Crippen LogP contribution in [-0.4, -0.2) is 66.0 Å². The highest BCUT2D eigenvalue weighted by Gasteiger charge is 2.56. The number of ketones is 1. The number of carbonyl (C=O) groups excluding carboxylic acids is 2. The molecule has 0 saturated heterocycles. The summed E-state index contributed by atoms with van der Waals surface area (Å²) in [5.41, 5.74) is -3.43. The van der Waals surface area contributed by atoms with Crippen LogP contribution in [0.25, 0.3) is 12.2 Å². The lowest BCUT2D eigenvalue weighted by Gasteiger charge is -2.26. The van der Waals surface area contributed by atoms with Gasteiger partial charge in [0.25, 0.3) is 5.60 Å². The summed E-state index contributed by atoms with van der Waals surface area (Å²) in [6, 6.07) is 9.07. The van der Waals surface area contributed by atoms with E-state index in [1.165, 1.54) is 30.3 Å². The number of carboxylic acids is 2. The Kier molecular flexibility index (Phi) is 7.55. The molecule has 2 aromatic carbocycles. The van der Waals surface area contributed by atoms with Crippen LogP contribution in [0, 0.1) is 0 Å². The molecule has 11 heteroatoms. The zero-order chi connectivity index (χ0) is 24.8. The second-order valence-corrected chi connectivity index (χ2v) is 6.56. The maximum atomic E-state index is 12.4. The molecule has 0 radical (unpaired) electrons. The van der Waals surface area contributed by atoms with Crippen molar-refractivity contribution in [3.05, 3.63) is 65.7 Å². The molecule has 0 aromatic heterocycles. The van der Waals surface area contributed by atoms with Gasteiger partial charge in [-0.05, 0) is 42.0 Å². The summed E-state index contributed by atoms with van der Waals surface area (Å²) in [4.78, 5) is 47.7. The molecule has 2 aromatic rings. The van der Waals surface area contributed by atoms with Gasteiger partial charge in [0.05, 0.1) is 0 Å². The fourth-order valence-corrected chi connectivity index (χ4v) is 2.55. The number of para-hydroxylation sites is 1. The Morgan fingerprint density at radius 1 is 0.848 bits per heavy atom. The van der Waals surface area contributed by atoms with Crippen LogP contribution in [0.5, 0.6) is 17.2 Å². The van der Waals surface area contributed by atoms with E-state index < -0.39 is 46.9 Å². The third-order valence-electron chi connectivity index (χ3n) is 4.30. The smallest absolute Gasteiger partial charge is 0.349 e. The fourth-order valence-electron chi connectivity index (χ4n) is 2.55. The molecule has 2 rings (SSSR count). The number of aromatic hydroxyl groups is 3. The summed E-state index contributed by atoms with van der Waals surface area (Å²) in [6.07, 6.45) is 0.347. The highest BCUT2D eigenvalue weighted by molar-refractivity contribution is 6.16. The molecule has 0 aliphatic rings. The first kappa shape index (κ1) is 24.6. The van der Waals surface area contributed by atoms with E-state index in [1.54, 1.807) is 0 Å². The van der Waals surface area contributed by atoms with Gasteiger partial charge >= 0.3 is 17.9 Å². The second-order valence-electron chi connectivity index (χ2n) is 6.56. The van der Waals surface area contributed by atoms with Gasteiger partial charge < -0.3 is 35.4 Å². The van der Waals surface area contributed by atoms with Crippen molar-refractivity contribution in [3.8, 4) is 17.2 Å². The van der Waals surface area contributed by atoms with Crippen LogP contribution in [0.1, 0.15) is 11.1 Å². The van der Waals surface area contributed by atoms with Crippen molar-refractivity contribution >= 4 is 35.8 Å². The number of aliphatic hydroxyl groups is 1. The summed E-state index contributed by atoms with van der Waals surface area (Å²) in [5, 5.41) is 57.5. The molecular formula is C22H18O11. The van der Waals surface area contributed by atoms with Gasteiger partial charge in [-0.2, -0.15) is 0 Å². The zero-order valence-electron chi connectivity index (χ0n) is 16.7. The number of hydrogen-bond acceptors (Lipinski definition) is 9. The molecular weight excluding hydrogens is 440 g/mol. The van der Waals surface area contributed by atoms with Gasteiger partial charge in [0.2, 0.25) is 11.9 Å². The van der Waals surface area contributed by atoms with Gasteiger partial charge in [0, 0.05) is 11.6 Å². The molecule has 0 saturated carbocycles. The molecule has 6 N–H and O–H groups in total. The summed E-state index contributed by atoms with van der Waals surface area (Å²) in [5.74, 6) is -8.67. The number of carbonyl (C=O) groups is 4. The largest absolute Gasteiger partial charge is 0.507 e. The maximum absolute atomic E-state index is 12.4. The Bertz CT molecular complexity index is 1150. The molecule has 172 valence electrons. The lowest BCUT2D eigenvalue weighted by molar-refractivity contribution is -0.192. The maximum Gasteiger partial charge on any atom is 0.349 e. The fraction of sp³-hybridized carbons (Fsp3) is 0.0909. The predicted octanol–water partition coefficient (Wildman–Crippen LogP) is 0.911. The lowest BCUT2D eigenvalue weighted by atomic mass is 9.90. The summed E-state index contributed by atoms with van der Waals surface area (Å²) >= 11 is 0. The molecule has 0 fully saturated rings. The van der Waals surface area contributed by atoms with Gasteiger partial charge in [-0.1, -0.05) is 24.3 Å². The molecule has 0 spiro atoms. The topological polar surface area (TPSA) is 199 Å². The molecule has 2 unspecified atom stereocenters. The SMILES string of the molecule is O=C(C=Cc1ccc(O)c(O)c1)OC(C(=O)O)C(O)(C(=O)O)C(=O)C=Cc1ccccc1O. The quantitative estimate of drug-likeness (QED) is 0.135. The van der Waals surface area contributed by atoms with Crippen molar-refractivity contribution < 1.29 is 54.6 Å². The first-order valence-electron chi connectivity index (χ1n) is 9.06. The highest BCUT2D eigenvalue weighted by Crippen LogP contribution is 2.26. The predicted molar refractivity (Wildman–Crippen MR) is 111 cm³/mol. The number of carboxylic acid groups (broad SMARTS) is 2. The van der Waals surface area contributed by atoms with Crippen LogP contribution < -0.4 is 0 Å². The standard InChI is InChI=1S/C22H18O11/c23-14-4-2-1-3-13(14)7-9-17(26)22(32,21(30)31)19(20(28)29)33-18(27)10-6-12-5-8-15(24)16(25)11-12/h1-11,19,23-25,32H,(H,28,29)(H,30,31). The van der Waals surface area contributed by atoms with Gasteiger partial charge in [-0.25, -0.2) is 14.4 Å². The van der Waals surface area contributed by atoms with Crippen molar-refractivity contribution in [2.45, 2.75) is 11.7 Å². The Hall–Kier alpha value is -4.64. The van der Waals surface area contributed by atoms with E-state index in [1.807, 2.05) is 0 Å². The number of ether oxygens (including phenoxy) is 1. The highest BCUT2D eigenvalue weighted by atomic mass is 16.6. The van der Waals surface area contributed by atoms with Crippen molar-refractivity contribution in [1.82, 2.24) is 0 Å². The average Bonchev–Trinajstić information content (AvgIpc) is 2.76. The third-order valence-corrected chi connectivity index (χ3v) is 4.30. The molecule has 0 aliphatic carbocycles. The van der Waals surface area contributed by atoms with Crippen LogP contribution in [0.3, 0.4) is 0 Å². The number of hydrogen-bond donors (Lipinski definition) is 6. The third kappa shape index (κ3) is 5.74. The number of rotatable bonds is 9. The number of aliphatic carboxylic acids is 2. The molecule has 11 nitrogen and oxygen atoms in total. The van der Waals surface area contributed by atoms with Crippen LogP contribution in [-0.2, 0) is 23.9 Å². The van der Waals surface area contributed by atoms with Crippen molar-refractivity contribution in [3.63, 3.8) is 0 Å². The van der Waals surface area contributed by atoms with E-state index in [2.05, 4.69) is 4.74 Å². The van der Waals surface area contributed by atoms with Crippen LogP contribution in [0.4, 0.5) is 0 Å². The second kappa shape index (κ2) is 10.1. The number of phenols is 3. The molecule has 0 heterocycles. The minimum absolute atomic E-state index is 0.0718. The van der Waals surface area contributed by atoms with Crippen LogP contribution >= 0.6 is 0 Å². The first-order chi connectivity index (χ1) is 15.5. The number of esters is 1. The van der Waals surface area contributed by atoms with Crippen LogP contribution in [0.15, 0.2) is 54.6 Å². The van der Waals surface area contributed by atoms with E-state index in [9.17, 15) is 49.8 Å². The molecule has 0 bridgehead atoms. The van der Waals surface area contributed by atoms with E-state index in [4.69, 9.17) is 0 Å². The normalized spacial score (nSPS) is 14.0. The van der Waals surface area contributed by atoms with E-state index in [-0.39, 0.29) is 16.9 Å². The number of benzene rings is 2. The Balaban J connectivity index is 2.29. The molecule has 0 amide bonds.